The molecule has 2 aromatic rings. The molecular formula is C8H11N7. The summed E-state index contributed by atoms with van der Waals surface area (Å²) in [5, 5.41) is 9.95. The van der Waals surface area contributed by atoms with Crippen molar-refractivity contribution >= 4 is 5.95 Å². The van der Waals surface area contributed by atoms with Crippen molar-refractivity contribution in [1.82, 2.24) is 30.5 Å². The van der Waals surface area contributed by atoms with Gasteiger partial charge < -0.3 is 16.0 Å². The van der Waals surface area contributed by atoms with Gasteiger partial charge in [-0.3, -0.25) is 5.10 Å². The Morgan fingerprint density at radius 2 is 2.40 bits per heavy atom. The SMILES string of the molecule is Nc1n[nH]c(C2Cc3nc[nH]c3CN2)n1. The van der Waals surface area contributed by atoms with E-state index in [0.717, 1.165) is 30.2 Å². The molecule has 78 valence electrons. The molecule has 0 radical (unpaired) electrons. The number of nitrogens with zero attached hydrogens (tertiary/aromatic N) is 3. The first-order chi connectivity index (χ1) is 7.33. The van der Waals surface area contributed by atoms with Crippen molar-refractivity contribution in [2.75, 3.05) is 5.73 Å². The van der Waals surface area contributed by atoms with Crippen LogP contribution in [0.15, 0.2) is 6.33 Å². The Kier molecular flexibility index (Phi) is 1.72. The first-order valence-corrected chi connectivity index (χ1v) is 4.75. The van der Waals surface area contributed by atoms with Gasteiger partial charge in [-0.2, -0.15) is 4.98 Å². The monoisotopic (exact) mass is 205 g/mol. The summed E-state index contributed by atoms with van der Waals surface area (Å²) in [6, 6.07) is 0.116. The lowest BCUT2D eigenvalue weighted by atomic mass is 10.1. The van der Waals surface area contributed by atoms with E-state index in [9.17, 15) is 0 Å². The molecule has 0 aromatic carbocycles. The highest BCUT2D eigenvalue weighted by molar-refractivity contribution is 5.20. The van der Waals surface area contributed by atoms with Crippen LogP contribution >= 0.6 is 0 Å². The van der Waals surface area contributed by atoms with E-state index < -0.39 is 0 Å². The molecule has 3 rings (SSSR count). The highest BCUT2D eigenvalue weighted by Crippen LogP contribution is 2.21. The molecule has 5 N–H and O–H groups in total. The van der Waals surface area contributed by atoms with Gasteiger partial charge in [0.25, 0.3) is 0 Å². The largest absolute Gasteiger partial charge is 0.367 e. The van der Waals surface area contributed by atoms with Crippen LogP contribution < -0.4 is 11.1 Å². The number of nitrogens with two attached hydrogens (primary N) is 1. The van der Waals surface area contributed by atoms with Crippen LogP contribution in [-0.2, 0) is 13.0 Å². The number of hydrogen-bond acceptors (Lipinski definition) is 5. The lowest BCUT2D eigenvalue weighted by Crippen LogP contribution is -2.29. The molecule has 0 fully saturated rings. The van der Waals surface area contributed by atoms with E-state index in [4.69, 9.17) is 5.73 Å². The predicted molar refractivity (Wildman–Crippen MR) is 52.7 cm³/mol. The molecular weight excluding hydrogens is 194 g/mol. The predicted octanol–water partition coefficient (Wildman–Crippen LogP) is -0.503. The Morgan fingerprint density at radius 1 is 1.47 bits per heavy atom. The van der Waals surface area contributed by atoms with E-state index in [1.54, 1.807) is 6.33 Å². The second-order valence-electron chi connectivity index (χ2n) is 3.54. The summed E-state index contributed by atoms with van der Waals surface area (Å²) < 4.78 is 0. The summed E-state index contributed by atoms with van der Waals surface area (Å²) in [6.07, 6.45) is 2.51. The normalized spacial score (nSPS) is 20.1. The smallest absolute Gasteiger partial charge is 0.239 e. The van der Waals surface area contributed by atoms with Crippen molar-refractivity contribution in [2.45, 2.75) is 19.0 Å². The fourth-order valence-electron chi connectivity index (χ4n) is 1.81. The Morgan fingerprint density at radius 3 is 3.20 bits per heavy atom. The summed E-state index contributed by atoms with van der Waals surface area (Å²) in [6.45, 7) is 0.764. The highest BCUT2D eigenvalue weighted by atomic mass is 15.3. The first-order valence-electron chi connectivity index (χ1n) is 4.75. The van der Waals surface area contributed by atoms with Gasteiger partial charge >= 0.3 is 0 Å². The Hall–Kier alpha value is -1.89. The van der Waals surface area contributed by atoms with Crippen LogP contribution in [0.3, 0.4) is 0 Å². The molecule has 1 aliphatic rings. The number of H-pyrrole nitrogens is 2. The number of imidazole rings is 1. The number of anilines is 1. The van der Waals surface area contributed by atoms with Gasteiger partial charge in [0.05, 0.1) is 23.8 Å². The summed E-state index contributed by atoms with van der Waals surface area (Å²) in [5.41, 5.74) is 7.67. The van der Waals surface area contributed by atoms with Gasteiger partial charge in [-0.25, -0.2) is 4.98 Å². The first kappa shape index (κ1) is 8.42. The molecule has 15 heavy (non-hydrogen) atoms. The zero-order valence-electron chi connectivity index (χ0n) is 7.99. The van der Waals surface area contributed by atoms with Crippen molar-refractivity contribution in [1.29, 1.82) is 0 Å². The quantitative estimate of drug-likeness (QED) is 0.501. The van der Waals surface area contributed by atoms with E-state index in [1.165, 1.54) is 0 Å². The zero-order valence-corrected chi connectivity index (χ0v) is 7.99. The molecule has 0 spiro atoms. The molecule has 0 saturated carbocycles. The maximum atomic E-state index is 5.46. The van der Waals surface area contributed by atoms with Crippen molar-refractivity contribution in [2.24, 2.45) is 0 Å². The molecule has 3 heterocycles. The van der Waals surface area contributed by atoms with Gasteiger partial charge in [0.1, 0.15) is 5.82 Å². The Balaban J connectivity index is 1.87. The van der Waals surface area contributed by atoms with Gasteiger partial charge in [0.2, 0.25) is 5.95 Å². The van der Waals surface area contributed by atoms with Crippen LogP contribution in [0.2, 0.25) is 0 Å². The molecule has 7 nitrogen and oxygen atoms in total. The Bertz CT molecular complexity index is 471. The van der Waals surface area contributed by atoms with Gasteiger partial charge in [-0.15, -0.1) is 5.10 Å². The van der Waals surface area contributed by atoms with E-state index in [1.807, 2.05) is 0 Å². The number of aromatic amines is 2. The number of rotatable bonds is 1. The highest BCUT2D eigenvalue weighted by Gasteiger charge is 2.23. The van der Waals surface area contributed by atoms with Crippen LogP contribution in [-0.4, -0.2) is 25.1 Å². The third-order valence-corrected chi connectivity index (χ3v) is 2.58. The van der Waals surface area contributed by atoms with Crippen LogP contribution in [0.5, 0.6) is 0 Å². The fraction of sp³-hybridized carbons (Fsp3) is 0.375. The molecule has 1 unspecified atom stereocenters. The van der Waals surface area contributed by atoms with Gasteiger partial charge in [-0.1, -0.05) is 0 Å². The summed E-state index contributed by atoms with van der Waals surface area (Å²) in [7, 11) is 0. The minimum atomic E-state index is 0.116. The molecule has 1 atom stereocenters. The molecule has 0 bridgehead atoms. The van der Waals surface area contributed by atoms with Crippen LogP contribution in [0.1, 0.15) is 23.3 Å². The van der Waals surface area contributed by atoms with E-state index in [0.29, 0.717) is 0 Å². The third kappa shape index (κ3) is 1.37. The van der Waals surface area contributed by atoms with Crippen molar-refractivity contribution in [3.05, 3.63) is 23.5 Å². The average Bonchev–Trinajstić information content (AvgIpc) is 2.84. The topological polar surface area (TPSA) is 108 Å². The van der Waals surface area contributed by atoms with Gasteiger partial charge in [-0.05, 0) is 0 Å². The minimum absolute atomic E-state index is 0.116. The van der Waals surface area contributed by atoms with Crippen molar-refractivity contribution in [3.63, 3.8) is 0 Å². The van der Waals surface area contributed by atoms with E-state index >= 15 is 0 Å². The number of fused-ring (bicyclic) bond motifs is 1. The van der Waals surface area contributed by atoms with E-state index in [2.05, 4.69) is 30.5 Å². The minimum Gasteiger partial charge on any atom is -0.367 e. The summed E-state index contributed by atoms with van der Waals surface area (Å²) >= 11 is 0. The van der Waals surface area contributed by atoms with Crippen LogP contribution in [0, 0.1) is 0 Å². The fourth-order valence-corrected chi connectivity index (χ4v) is 1.81. The summed E-state index contributed by atoms with van der Waals surface area (Å²) in [4.78, 5) is 11.4. The van der Waals surface area contributed by atoms with Crippen molar-refractivity contribution in [3.8, 4) is 0 Å². The maximum Gasteiger partial charge on any atom is 0.239 e. The molecule has 1 aliphatic heterocycles. The standard InChI is InChI=1S/C8H11N7/c9-8-13-7(14-15-8)5-1-4-6(2-10-5)12-3-11-4/h3,5,10H,1-2H2,(H,11,12)(H3,9,13,14,15). The molecule has 0 saturated heterocycles. The molecule has 0 amide bonds. The second-order valence-corrected chi connectivity index (χ2v) is 3.54. The zero-order chi connectivity index (χ0) is 10.3. The number of aromatic nitrogens is 5. The van der Waals surface area contributed by atoms with Gasteiger partial charge in [0, 0.05) is 13.0 Å². The third-order valence-electron chi connectivity index (χ3n) is 2.58. The second kappa shape index (κ2) is 3.06. The number of nitrogens with one attached hydrogen (secondary N) is 3. The molecule has 0 aliphatic carbocycles. The lowest BCUT2D eigenvalue weighted by molar-refractivity contribution is 0.469. The van der Waals surface area contributed by atoms with E-state index in [-0.39, 0.29) is 12.0 Å². The van der Waals surface area contributed by atoms with Crippen LogP contribution in [0.4, 0.5) is 5.95 Å². The summed E-state index contributed by atoms with van der Waals surface area (Å²) in [5.74, 6) is 1.04. The number of hydrogen-bond donors (Lipinski definition) is 4. The molecule has 2 aromatic heterocycles. The number of nitrogen functional groups attached to an aromatic ring is 1. The average molecular weight is 205 g/mol. The van der Waals surface area contributed by atoms with Crippen LogP contribution in [0.25, 0.3) is 0 Å². The van der Waals surface area contributed by atoms with Crippen molar-refractivity contribution < 1.29 is 0 Å². The molecule has 7 heteroatoms. The lowest BCUT2D eigenvalue weighted by Gasteiger charge is -2.20. The maximum absolute atomic E-state index is 5.46. The Labute approximate surface area is 85.5 Å². The van der Waals surface area contributed by atoms with Gasteiger partial charge in [0.15, 0.2) is 0 Å².